The van der Waals surface area contributed by atoms with Gasteiger partial charge < -0.3 is 9.42 Å². The summed E-state index contributed by atoms with van der Waals surface area (Å²) in [5.74, 6) is 0.615. The van der Waals surface area contributed by atoms with Crippen LogP contribution in [0, 0.1) is 6.92 Å². The number of rotatable bonds is 1. The van der Waals surface area contributed by atoms with E-state index in [1.54, 1.807) is 0 Å². The van der Waals surface area contributed by atoms with Crippen LogP contribution in [0.25, 0.3) is 5.78 Å². The molecule has 0 aromatic carbocycles. The van der Waals surface area contributed by atoms with Crippen LogP contribution in [-0.2, 0) is 0 Å². The lowest BCUT2D eigenvalue weighted by Crippen LogP contribution is -2.19. The van der Waals surface area contributed by atoms with E-state index in [4.69, 9.17) is 4.52 Å². The van der Waals surface area contributed by atoms with Crippen LogP contribution < -0.4 is 10.7 Å². The molecule has 0 amide bonds. The Kier molecular flexibility index (Phi) is 1.95. The monoisotopic (exact) mass is 220 g/mol. The van der Waals surface area contributed by atoms with Gasteiger partial charge in [-0.1, -0.05) is 0 Å². The van der Waals surface area contributed by atoms with E-state index in [1.807, 2.05) is 13.0 Å². The lowest BCUT2D eigenvalue weighted by Gasteiger charge is -2.16. The Labute approximate surface area is 91.5 Å². The highest BCUT2D eigenvalue weighted by Gasteiger charge is 2.16. The maximum absolute atomic E-state index is 11.0. The van der Waals surface area contributed by atoms with E-state index in [-0.39, 0.29) is 0 Å². The Balaban J connectivity index is 2.16. The van der Waals surface area contributed by atoms with Crippen molar-refractivity contribution in [3.05, 3.63) is 22.3 Å². The molecule has 0 N–H and O–H groups in total. The summed E-state index contributed by atoms with van der Waals surface area (Å²) in [5, 5.41) is 0. The SMILES string of the molecule is Cc1cc(N2CCCC2)nc2nc(=O)on12. The highest BCUT2D eigenvalue weighted by atomic mass is 16.5. The van der Waals surface area contributed by atoms with Crippen molar-refractivity contribution in [1.29, 1.82) is 0 Å². The Morgan fingerprint density at radius 1 is 1.31 bits per heavy atom. The lowest BCUT2D eigenvalue weighted by molar-refractivity contribution is 0.337. The summed E-state index contributed by atoms with van der Waals surface area (Å²) in [6.45, 7) is 3.91. The summed E-state index contributed by atoms with van der Waals surface area (Å²) in [7, 11) is 0. The molecule has 3 heterocycles. The molecule has 84 valence electrons. The largest absolute Gasteiger partial charge is 0.461 e. The minimum Gasteiger partial charge on any atom is -0.356 e. The molecule has 6 heteroatoms. The van der Waals surface area contributed by atoms with Gasteiger partial charge in [0.05, 0.1) is 5.69 Å². The number of hydrogen-bond donors (Lipinski definition) is 0. The number of fused-ring (bicyclic) bond motifs is 1. The molecule has 0 aliphatic carbocycles. The Hall–Kier alpha value is -1.85. The van der Waals surface area contributed by atoms with Crippen molar-refractivity contribution in [3.8, 4) is 0 Å². The number of aryl methyl sites for hydroxylation is 1. The normalized spacial score (nSPS) is 16.2. The molecule has 1 aliphatic heterocycles. The zero-order valence-corrected chi connectivity index (χ0v) is 9.01. The first-order valence-corrected chi connectivity index (χ1v) is 5.37. The van der Waals surface area contributed by atoms with Crippen molar-refractivity contribution in [2.75, 3.05) is 18.0 Å². The molecule has 0 atom stereocenters. The van der Waals surface area contributed by atoms with Crippen LogP contribution in [-0.4, -0.2) is 27.6 Å². The Morgan fingerprint density at radius 2 is 2.06 bits per heavy atom. The molecule has 1 aliphatic rings. The first-order valence-electron chi connectivity index (χ1n) is 5.37. The molecular formula is C10H12N4O2. The minimum atomic E-state index is -0.603. The van der Waals surface area contributed by atoms with Gasteiger partial charge in [0.2, 0.25) is 0 Å². The van der Waals surface area contributed by atoms with E-state index < -0.39 is 5.76 Å². The van der Waals surface area contributed by atoms with Crippen LogP contribution in [0.2, 0.25) is 0 Å². The first kappa shape index (κ1) is 9.38. The summed E-state index contributed by atoms with van der Waals surface area (Å²) in [5.41, 5.74) is 0.835. The molecule has 0 spiro atoms. The fraction of sp³-hybridized carbons (Fsp3) is 0.500. The van der Waals surface area contributed by atoms with Gasteiger partial charge in [-0.05, 0) is 19.8 Å². The molecule has 0 radical (unpaired) electrons. The van der Waals surface area contributed by atoms with Crippen LogP contribution in [0.15, 0.2) is 15.4 Å². The molecule has 1 saturated heterocycles. The van der Waals surface area contributed by atoms with E-state index >= 15 is 0 Å². The number of nitrogens with zero attached hydrogens (tertiary/aromatic N) is 4. The third kappa shape index (κ3) is 1.37. The van der Waals surface area contributed by atoms with E-state index in [0.717, 1.165) is 24.6 Å². The zero-order chi connectivity index (χ0) is 11.1. The second-order valence-corrected chi connectivity index (χ2v) is 4.01. The first-order chi connectivity index (χ1) is 7.74. The predicted molar refractivity (Wildman–Crippen MR) is 57.7 cm³/mol. The van der Waals surface area contributed by atoms with Crippen LogP contribution in [0.5, 0.6) is 0 Å². The second kappa shape index (κ2) is 3.33. The van der Waals surface area contributed by atoms with Crippen molar-refractivity contribution in [3.63, 3.8) is 0 Å². The molecule has 6 nitrogen and oxygen atoms in total. The van der Waals surface area contributed by atoms with Crippen molar-refractivity contribution in [2.24, 2.45) is 0 Å². The van der Waals surface area contributed by atoms with E-state index in [1.165, 1.54) is 17.4 Å². The van der Waals surface area contributed by atoms with Crippen LogP contribution in [0.4, 0.5) is 5.82 Å². The number of anilines is 1. The van der Waals surface area contributed by atoms with Gasteiger partial charge >= 0.3 is 5.76 Å². The highest BCUT2D eigenvalue weighted by molar-refractivity contribution is 5.46. The van der Waals surface area contributed by atoms with Gasteiger partial charge in [-0.15, -0.1) is 9.56 Å². The second-order valence-electron chi connectivity index (χ2n) is 4.01. The third-order valence-electron chi connectivity index (χ3n) is 2.85. The zero-order valence-electron chi connectivity index (χ0n) is 9.01. The topological polar surface area (TPSA) is 63.6 Å². The van der Waals surface area contributed by atoms with Crippen molar-refractivity contribution < 1.29 is 4.52 Å². The van der Waals surface area contributed by atoms with Gasteiger partial charge in [-0.3, -0.25) is 0 Å². The summed E-state index contributed by atoms with van der Waals surface area (Å²) in [6, 6.07) is 1.92. The van der Waals surface area contributed by atoms with E-state index in [2.05, 4.69) is 14.9 Å². The Morgan fingerprint density at radius 3 is 2.81 bits per heavy atom. The van der Waals surface area contributed by atoms with Gasteiger partial charge in [-0.25, -0.2) is 4.79 Å². The Bertz CT molecular complexity index is 580. The molecule has 3 rings (SSSR count). The fourth-order valence-corrected chi connectivity index (χ4v) is 2.05. The average Bonchev–Trinajstić information content (AvgIpc) is 2.84. The van der Waals surface area contributed by atoms with Crippen molar-refractivity contribution >= 4 is 11.6 Å². The summed E-state index contributed by atoms with van der Waals surface area (Å²) in [6.07, 6.45) is 2.38. The average molecular weight is 220 g/mol. The maximum Gasteiger partial charge on any atom is 0.461 e. The van der Waals surface area contributed by atoms with Crippen molar-refractivity contribution in [2.45, 2.75) is 19.8 Å². The van der Waals surface area contributed by atoms with Crippen LogP contribution in [0.3, 0.4) is 0 Å². The van der Waals surface area contributed by atoms with Gasteiger partial charge in [0, 0.05) is 19.2 Å². The molecule has 0 unspecified atom stereocenters. The molecule has 0 saturated carbocycles. The highest BCUT2D eigenvalue weighted by Crippen LogP contribution is 2.19. The van der Waals surface area contributed by atoms with Crippen LogP contribution in [0.1, 0.15) is 18.5 Å². The van der Waals surface area contributed by atoms with Gasteiger partial charge in [0.1, 0.15) is 5.82 Å². The van der Waals surface area contributed by atoms with Gasteiger partial charge in [0.15, 0.2) is 0 Å². The van der Waals surface area contributed by atoms with Crippen molar-refractivity contribution in [1.82, 2.24) is 14.5 Å². The lowest BCUT2D eigenvalue weighted by atomic mass is 10.4. The molecule has 0 bridgehead atoms. The standard InChI is InChI=1S/C10H12N4O2/c1-7-6-8(13-4-2-3-5-13)11-9-12-10(15)16-14(7)9/h6H,2-5H2,1H3. The van der Waals surface area contributed by atoms with E-state index in [0.29, 0.717) is 5.78 Å². The van der Waals surface area contributed by atoms with Gasteiger partial charge in [-0.2, -0.15) is 4.98 Å². The number of hydrogen-bond acceptors (Lipinski definition) is 5. The summed E-state index contributed by atoms with van der Waals surface area (Å²) in [4.78, 5) is 21.3. The number of aromatic nitrogens is 3. The van der Waals surface area contributed by atoms with Gasteiger partial charge in [0.25, 0.3) is 5.78 Å². The third-order valence-corrected chi connectivity index (χ3v) is 2.85. The molecule has 2 aromatic heterocycles. The quantitative estimate of drug-likeness (QED) is 0.703. The minimum absolute atomic E-state index is 0.340. The molecule has 1 fully saturated rings. The summed E-state index contributed by atoms with van der Waals surface area (Å²) >= 11 is 0. The maximum atomic E-state index is 11.0. The molecular weight excluding hydrogens is 208 g/mol. The molecule has 2 aromatic rings. The predicted octanol–water partition coefficient (Wildman–Crippen LogP) is 0.591. The van der Waals surface area contributed by atoms with E-state index in [9.17, 15) is 4.79 Å². The fourth-order valence-electron chi connectivity index (χ4n) is 2.05. The van der Waals surface area contributed by atoms with Crippen LogP contribution >= 0.6 is 0 Å². The smallest absolute Gasteiger partial charge is 0.356 e. The summed E-state index contributed by atoms with van der Waals surface area (Å²) < 4.78 is 6.25. The molecule has 16 heavy (non-hydrogen) atoms.